The minimum Gasteiger partial charge on any atom is -0.494 e. The Labute approximate surface area is 124 Å². The maximum Gasteiger partial charge on any atom is 0.146 e. The fourth-order valence-corrected chi connectivity index (χ4v) is 2.58. The Morgan fingerprint density at radius 2 is 2.20 bits per heavy atom. The van der Waals surface area contributed by atoms with Crippen molar-refractivity contribution in [3.05, 3.63) is 24.0 Å². The number of aryl methyl sites for hydroxylation is 1. The molecule has 0 amide bonds. The molecule has 0 saturated heterocycles. The smallest absolute Gasteiger partial charge is 0.146 e. The molecule has 20 heavy (non-hydrogen) atoms. The van der Waals surface area contributed by atoms with Crippen LogP contribution in [0, 0.1) is 0 Å². The van der Waals surface area contributed by atoms with Gasteiger partial charge in [-0.15, -0.1) is 11.6 Å². The van der Waals surface area contributed by atoms with Crippen LogP contribution in [-0.4, -0.2) is 35.3 Å². The van der Waals surface area contributed by atoms with Crippen LogP contribution in [0.15, 0.2) is 18.2 Å². The Bertz CT molecular complexity index is 568. The van der Waals surface area contributed by atoms with E-state index in [-0.39, 0.29) is 6.10 Å². The van der Waals surface area contributed by atoms with Crippen molar-refractivity contribution in [2.24, 2.45) is 0 Å². The van der Waals surface area contributed by atoms with E-state index < -0.39 is 0 Å². The maximum absolute atomic E-state index is 5.89. The van der Waals surface area contributed by atoms with E-state index >= 15 is 0 Å². The van der Waals surface area contributed by atoms with Gasteiger partial charge in [-0.25, -0.2) is 4.98 Å². The molecule has 1 heterocycles. The summed E-state index contributed by atoms with van der Waals surface area (Å²) >= 11 is 5.89. The second kappa shape index (κ2) is 6.95. The lowest BCUT2D eigenvalue weighted by molar-refractivity contribution is 0.0643. The van der Waals surface area contributed by atoms with Crippen LogP contribution in [0.5, 0.6) is 5.75 Å². The highest BCUT2D eigenvalue weighted by atomic mass is 35.5. The first-order valence-electron chi connectivity index (χ1n) is 6.90. The van der Waals surface area contributed by atoms with Crippen LogP contribution >= 0.6 is 11.6 Å². The summed E-state index contributed by atoms with van der Waals surface area (Å²) in [6, 6.07) is 5.96. The average Bonchev–Trinajstić information content (AvgIpc) is 2.77. The molecular formula is C15H21ClN2O2. The lowest BCUT2D eigenvalue weighted by Crippen LogP contribution is -2.18. The summed E-state index contributed by atoms with van der Waals surface area (Å²) in [4.78, 5) is 4.68. The summed E-state index contributed by atoms with van der Waals surface area (Å²) in [5, 5.41) is 0. The van der Waals surface area contributed by atoms with E-state index in [2.05, 4.69) is 22.5 Å². The molecule has 2 aromatic rings. The molecule has 0 fully saturated rings. The monoisotopic (exact) mass is 296 g/mol. The number of hydrogen-bond donors (Lipinski definition) is 0. The number of halogens is 1. The molecule has 5 heteroatoms. The van der Waals surface area contributed by atoms with Crippen LogP contribution in [0.1, 0.15) is 19.7 Å². The second-order valence-corrected chi connectivity index (χ2v) is 5.05. The molecule has 1 aromatic heterocycles. The average molecular weight is 297 g/mol. The van der Waals surface area contributed by atoms with E-state index in [0.717, 1.165) is 35.6 Å². The van der Waals surface area contributed by atoms with Crippen molar-refractivity contribution in [3.63, 3.8) is 0 Å². The van der Waals surface area contributed by atoms with Crippen molar-refractivity contribution in [3.8, 4) is 5.75 Å². The van der Waals surface area contributed by atoms with Crippen molar-refractivity contribution < 1.29 is 9.47 Å². The Morgan fingerprint density at radius 1 is 1.40 bits per heavy atom. The molecule has 0 aliphatic heterocycles. The first-order valence-corrected chi connectivity index (χ1v) is 7.44. The predicted octanol–water partition coefficient (Wildman–Crippen LogP) is 3.25. The fraction of sp³-hybridized carbons (Fsp3) is 0.533. The number of fused-ring (bicyclic) bond motifs is 1. The highest BCUT2D eigenvalue weighted by molar-refractivity contribution is 6.17. The van der Waals surface area contributed by atoms with Crippen molar-refractivity contribution >= 4 is 22.6 Å². The first kappa shape index (κ1) is 15.1. The van der Waals surface area contributed by atoms with E-state index in [1.54, 1.807) is 7.11 Å². The van der Waals surface area contributed by atoms with Gasteiger partial charge in [-0.3, -0.25) is 0 Å². The number of nitrogens with zero attached hydrogens (tertiary/aromatic N) is 2. The van der Waals surface area contributed by atoms with E-state index in [9.17, 15) is 0 Å². The number of methoxy groups -OCH3 is 1. The number of imidazole rings is 1. The minimum absolute atomic E-state index is 0.137. The number of rotatable bonds is 7. The zero-order valence-electron chi connectivity index (χ0n) is 12.2. The van der Waals surface area contributed by atoms with E-state index in [4.69, 9.17) is 21.1 Å². The summed E-state index contributed by atoms with van der Waals surface area (Å²) in [7, 11) is 1.66. The van der Waals surface area contributed by atoms with Crippen molar-refractivity contribution in [1.29, 1.82) is 0 Å². The van der Waals surface area contributed by atoms with E-state index in [1.165, 1.54) is 0 Å². The number of para-hydroxylation sites is 1. The van der Waals surface area contributed by atoms with Gasteiger partial charge in [0, 0.05) is 18.9 Å². The molecule has 1 unspecified atom stereocenters. The van der Waals surface area contributed by atoms with Gasteiger partial charge in [-0.05, 0) is 26.0 Å². The van der Waals surface area contributed by atoms with Crippen LogP contribution in [-0.2, 0) is 17.7 Å². The largest absolute Gasteiger partial charge is 0.494 e. The summed E-state index contributed by atoms with van der Waals surface area (Å²) in [5.41, 5.74) is 1.95. The highest BCUT2D eigenvalue weighted by Crippen LogP contribution is 2.26. The van der Waals surface area contributed by atoms with Crippen LogP contribution in [0.3, 0.4) is 0 Å². The zero-order chi connectivity index (χ0) is 14.5. The minimum atomic E-state index is 0.137. The Morgan fingerprint density at radius 3 is 2.85 bits per heavy atom. The normalized spacial score (nSPS) is 12.8. The van der Waals surface area contributed by atoms with E-state index in [1.807, 2.05) is 19.1 Å². The maximum atomic E-state index is 5.89. The lowest BCUT2D eigenvalue weighted by Gasteiger charge is -2.15. The summed E-state index contributed by atoms with van der Waals surface area (Å²) in [6.07, 6.45) is 0.871. The Hall–Kier alpha value is -1.26. The number of aromatic nitrogens is 2. The van der Waals surface area contributed by atoms with Gasteiger partial charge in [0.25, 0.3) is 0 Å². The molecule has 0 radical (unpaired) electrons. The van der Waals surface area contributed by atoms with Gasteiger partial charge in [-0.2, -0.15) is 0 Å². The third-order valence-corrected chi connectivity index (χ3v) is 3.44. The predicted molar refractivity (Wildman–Crippen MR) is 81.8 cm³/mol. The Balaban J connectivity index is 2.45. The summed E-state index contributed by atoms with van der Waals surface area (Å²) in [5.74, 6) is 2.32. The molecule has 0 spiro atoms. The number of ether oxygens (including phenoxy) is 2. The third kappa shape index (κ3) is 3.07. The molecule has 0 aliphatic rings. The molecule has 0 aliphatic carbocycles. The first-order chi connectivity index (χ1) is 9.71. The van der Waals surface area contributed by atoms with Gasteiger partial charge in [0.05, 0.1) is 25.3 Å². The topological polar surface area (TPSA) is 36.3 Å². The summed E-state index contributed by atoms with van der Waals surface area (Å²) in [6.45, 7) is 5.55. The van der Waals surface area contributed by atoms with Crippen molar-refractivity contribution in [2.45, 2.75) is 32.9 Å². The number of benzene rings is 1. The molecule has 1 atom stereocenters. The standard InChI is InChI=1S/C15H21ClN2O2/c1-4-20-11(2)10-18-12-6-5-7-13(19-3)15(12)17-14(18)8-9-16/h5-7,11H,4,8-10H2,1-3H3. The quantitative estimate of drug-likeness (QED) is 0.736. The van der Waals surface area contributed by atoms with Crippen LogP contribution in [0.25, 0.3) is 11.0 Å². The van der Waals surface area contributed by atoms with Gasteiger partial charge in [0.1, 0.15) is 17.1 Å². The fourth-order valence-electron chi connectivity index (χ4n) is 2.41. The van der Waals surface area contributed by atoms with Crippen LogP contribution < -0.4 is 4.74 Å². The Kier molecular flexibility index (Phi) is 5.26. The summed E-state index contributed by atoms with van der Waals surface area (Å²) < 4.78 is 13.2. The lowest BCUT2D eigenvalue weighted by atomic mass is 10.3. The van der Waals surface area contributed by atoms with Gasteiger partial charge >= 0.3 is 0 Å². The van der Waals surface area contributed by atoms with Crippen LogP contribution in [0.2, 0.25) is 0 Å². The molecule has 0 saturated carbocycles. The van der Waals surface area contributed by atoms with Crippen molar-refractivity contribution in [1.82, 2.24) is 9.55 Å². The van der Waals surface area contributed by atoms with Gasteiger partial charge in [0.2, 0.25) is 0 Å². The number of hydrogen-bond acceptors (Lipinski definition) is 3. The van der Waals surface area contributed by atoms with Gasteiger partial charge in [-0.1, -0.05) is 6.07 Å². The van der Waals surface area contributed by atoms with Crippen molar-refractivity contribution in [2.75, 3.05) is 19.6 Å². The zero-order valence-corrected chi connectivity index (χ0v) is 13.0. The molecule has 2 rings (SSSR count). The van der Waals surface area contributed by atoms with Gasteiger partial charge < -0.3 is 14.0 Å². The molecule has 110 valence electrons. The molecule has 1 aromatic carbocycles. The molecule has 4 nitrogen and oxygen atoms in total. The van der Waals surface area contributed by atoms with Gasteiger partial charge in [0.15, 0.2) is 0 Å². The SMILES string of the molecule is CCOC(C)Cn1c(CCCl)nc2c(OC)cccc21. The second-order valence-electron chi connectivity index (χ2n) is 4.67. The third-order valence-electron chi connectivity index (χ3n) is 3.25. The number of alkyl halides is 1. The van der Waals surface area contributed by atoms with E-state index in [0.29, 0.717) is 12.5 Å². The molecular weight excluding hydrogens is 276 g/mol. The molecule has 0 N–H and O–H groups in total. The van der Waals surface area contributed by atoms with Crippen LogP contribution in [0.4, 0.5) is 0 Å². The molecule has 0 bridgehead atoms. The highest BCUT2D eigenvalue weighted by Gasteiger charge is 2.15.